The number of benzene rings is 1. The molecule has 0 atom stereocenters. The van der Waals surface area contributed by atoms with Crippen molar-refractivity contribution in [2.75, 3.05) is 40.2 Å². The number of thiazole rings is 1. The molecule has 2 heterocycles. The maximum absolute atomic E-state index is 12.1. The molecule has 10 heteroatoms. The molecule has 1 saturated heterocycles. The van der Waals surface area contributed by atoms with Crippen LogP contribution in [0.3, 0.4) is 0 Å². The third-order valence-electron chi connectivity index (χ3n) is 3.98. The molecule has 0 spiro atoms. The summed E-state index contributed by atoms with van der Waals surface area (Å²) in [6.07, 6.45) is 1.23. The number of methoxy groups -OCH3 is 1. The Hall–Kier alpha value is -2.36. The number of rotatable bonds is 5. The van der Waals surface area contributed by atoms with Gasteiger partial charge in [-0.05, 0) is 19.1 Å². The van der Waals surface area contributed by atoms with Crippen LogP contribution < -0.4 is 4.74 Å². The van der Waals surface area contributed by atoms with Crippen LogP contribution in [0.25, 0.3) is 10.6 Å². The van der Waals surface area contributed by atoms with Crippen LogP contribution in [0.15, 0.2) is 18.3 Å². The van der Waals surface area contributed by atoms with Crippen LogP contribution in [0.5, 0.6) is 5.75 Å². The van der Waals surface area contributed by atoms with E-state index >= 15 is 0 Å². The zero-order chi connectivity index (χ0) is 20.1. The average Bonchev–Trinajstić information content (AvgIpc) is 3.15. The van der Waals surface area contributed by atoms with Gasteiger partial charge in [-0.2, -0.15) is 0 Å². The Morgan fingerprint density at radius 2 is 2.07 bits per heavy atom. The molecule has 0 unspecified atom stereocenters. The molecule has 1 aromatic carbocycles. The molecular weight excluding hydrogens is 408 g/mol. The highest BCUT2D eigenvalue weighted by Crippen LogP contribution is 2.37. The Morgan fingerprint density at radius 1 is 1.32 bits per heavy atom. The molecule has 150 valence electrons. The molecule has 0 saturated carbocycles. The summed E-state index contributed by atoms with van der Waals surface area (Å²) in [4.78, 5) is 30.9. The van der Waals surface area contributed by atoms with Gasteiger partial charge in [0.05, 0.1) is 30.9 Å². The Balaban J connectivity index is 1.76. The quantitative estimate of drug-likeness (QED) is 0.535. The average molecular weight is 427 g/mol. The van der Waals surface area contributed by atoms with Crippen molar-refractivity contribution >= 4 is 35.0 Å². The van der Waals surface area contributed by atoms with Gasteiger partial charge in [-0.25, -0.2) is 14.6 Å². The molecule has 1 aromatic heterocycles. The van der Waals surface area contributed by atoms with Crippen LogP contribution in [0.2, 0.25) is 5.02 Å². The highest BCUT2D eigenvalue weighted by molar-refractivity contribution is 7.15. The lowest BCUT2D eigenvalue weighted by Gasteiger charge is -2.25. The molecule has 1 fully saturated rings. The number of carbonyl (C=O) groups excluding carboxylic acids is 2. The fourth-order valence-electron chi connectivity index (χ4n) is 2.56. The number of ether oxygens (including phenoxy) is 4. The van der Waals surface area contributed by atoms with E-state index in [1.165, 1.54) is 24.5 Å². The highest BCUT2D eigenvalue weighted by atomic mass is 35.5. The van der Waals surface area contributed by atoms with Gasteiger partial charge >= 0.3 is 12.1 Å². The van der Waals surface area contributed by atoms with E-state index in [-0.39, 0.29) is 17.4 Å². The fourth-order valence-corrected chi connectivity index (χ4v) is 3.68. The van der Waals surface area contributed by atoms with Crippen LogP contribution in [-0.4, -0.2) is 62.2 Å². The van der Waals surface area contributed by atoms with E-state index in [0.29, 0.717) is 42.6 Å². The first-order valence-electron chi connectivity index (χ1n) is 8.46. The van der Waals surface area contributed by atoms with E-state index in [4.69, 9.17) is 30.5 Å². The van der Waals surface area contributed by atoms with E-state index in [9.17, 15) is 9.59 Å². The van der Waals surface area contributed by atoms with Crippen molar-refractivity contribution in [3.63, 3.8) is 0 Å². The molecule has 8 nitrogen and oxygen atoms in total. The minimum atomic E-state index is -0.602. The summed E-state index contributed by atoms with van der Waals surface area (Å²) in [7, 11) is 1.27. The van der Waals surface area contributed by atoms with Crippen molar-refractivity contribution in [1.82, 2.24) is 9.88 Å². The monoisotopic (exact) mass is 426 g/mol. The van der Waals surface area contributed by atoms with Crippen molar-refractivity contribution in [2.45, 2.75) is 6.92 Å². The molecule has 3 rings (SSSR count). The SMILES string of the molecule is COC(=O)c1cc(OCOC(=O)N2CCOCC2)cc(-c2ncc(C)s2)c1Cl. The molecule has 0 N–H and O–H groups in total. The van der Waals surface area contributed by atoms with Gasteiger partial charge in [-0.3, -0.25) is 0 Å². The summed E-state index contributed by atoms with van der Waals surface area (Å²) in [6, 6.07) is 3.09. The Labute approximate surface area is 170 Å². The molecule has 1 aliphatic heterocycles. The second-order valence-corrected chi connectivity index (χ2v) is 7.48. The zero-order valence-corrected chi connectivity index (χ0v) is 17.0. The number of morpholine rings is 1. The minimum Gasteiger partial charge on any atom is -0.465 e. The summed E-state index contributed by atoms with van der Waals surface area (Å²) in [5.74, 6) is -0.294. The highest BCUT2D eigenvalue weighted by Gasteiger charge is 2.21. The second kappa shape index (κ2) is 9.22. The van der Waals surface area contributed by atoms with E-state index in [2.05, 4.69) is 4.98 Å². The fraction of sp³-hybridized carbons (Fsp3) is 0.389. The number of hydrogen-bond acceptors (Lipinski definition) is 8. The van der Waals surface area contributed by atoms with Crippen molar-refractivity contribution in [2.24, 2.45) is 0 Å². The second-order valence-electron chi connectivity index (χ2n) is 5.87. The van der Waals surface area contributed by atoms with Gasteiger partial charge in [-0.1, -0.05) is 11.6 Å². The van der Waals surface area contributed by atoms with Crippen molar-refractivity contribution < 1.29 is 28.5 Å². The molecule has 28 heavy (non-hydrogen) atoms. The van der Waals surface area contributed by atoms with E-state index in [1.54, 1.807) is 17.2 Å². The lowest BCUT2D eigenvalue weighted by molar-refractivity contribution is 0.00150. The molecule has 1 amide bonds. The first-order valence-corrected chi connectivity index (χ1v) is 9.66. The maximum Gasteiger partial charge on any atom is 0.412 e. The van der Waals surface area contributed by atoms with Gasteiger partial charge in [0.2, 0.25) is 6.79 Å². The van der Waals surface area contributed by atoms with Gasteiger partial charge in [0.25, 0.3) is 0 Å². The molecular formula is C18H19ClN2O6S. The first kappa shape index (κ1) is 20.4. The molecule has 0 aliphatic carbocycles. The third-order valence-corrected chi connectivity index (χ3v) is 5.33. The van der Waals surface area contributed by atoms with Crippen molar-refractivity contribution in [1.29, 1.82) is 0 Å². The Kier molecular flexibility index (Phi) is 6.71. The number of amides is 1. The lowest BCUT2D eigenvalue weighted by atomic mass is 10.1. The van der Waals surface area contributed by atoms with E-state index < -0.39 is 12.1 Å². The number of aryl methyl sites for hydroxylation is 1. The van der Waals surface area contributed by atoms with Crippen LogP contribution in [0.4, 0.5) is 4.79 Å². The van der Waals surface area contributed by atoms with Crippen LogP contribution in [-0.2, 0) is 14.2 Å². The van der Waals surface area contributed by atoms with Gasteiger partial charge in [-0.15, -0.1) is 11.3 Å². The summed E-state index contributed by atoms with van der Waals surface area (Å²) >= 11 is 7.82. The van der Waals surface area contributed by atoms with Gasteiger partial charge in [0.15, 0.2) is 0 Å². The predicted molar refractivity (Wildman–Crippen MR) is 103 cm³/mol. The van der Waals surface area contributed by atoms with Crippen molar-refractivity contribution in [3.05, 3.63) is 33.8 Å². The lowest BCUT2D eigenvalue weighted by Crippen LogP contribution is -2.41. The molecule has 1 aliphatic rings. The number of halogens is 1. The minimum absolute atomic E-state index is 0.143. The Morgan fingerprint density at radius 3 is 2.71 bits per heavy atom. The number of hydrogen-bond donors (Lipinski definition) is 0. The van der Waals surface area contributed by atoms with Crippen LogP contribution in [0.1, 0.15) is 15.2 Å². The van der Waals surface area contributed by atoms with E-state index in [0.717, 1.165) is 4.88 Å². The maximum atomic E-state index is 12.1. The topological polar surface area (TPSA) is 87.2 Å². The number of esters is 1. The summed E-state index contributed by atoms with van der Waals surface area (Å²) in [5, 5.41) is 0.863. The number of carbonyl (C=O) groups is 2. The zero-order valence-electron chi connectivity index (χ0n) is 15.4. The molecule has 0 radical (unpaired) electrons. The van der Waals surface area contributed by atoms with Gasteiger partial charge in [0.1, 0.15) is 10.8 Å². The number of nitrogens with zero attached hydrogens (tertiary/aromatic N) is 2. The van der Waals surface area contributed by atoms with Crippen LogP contribution >= 0.6 is 22.9 Å². The summed E-state index contributed by atoms with van der Waals surface area (Å²) < 4.78 is 20.7. The Bertz CT molecular complexity index is 866. The smallest absolute Gasteiger partial charge is 0.412 e. The third kappa shape index (κ3) is 4.73. The summed E-state index contributed by atoms with van der Waals surface area (Å²) in [5.41, 5.74) is 0.682. The van der Waals surface area contributed by atoms with E-state index in [1.807, 2.05) is 6.92 Å². The predicted octanol–water partition coefficient (Wildman–Crippen LogP) is 3.36. The van der Waals surface area contributed by atoms with Gasteiger partial charge < -0.3 is 23.8 Å². The molecule has 2 aromatic rings. The van der Waals surface area contributed by atoms with Crippen molar-refractivity contribution in [3.8, 4) is 16.3 Å². The molecule has 0 bridgehead atoms. The normalized spacial score (nSPS) is 13.9. The van der Waals surface area contributed by atoms with Crippen LogP contribution in [0, 0.1) is 6.92 Å². The first-order chi connectivity index (χ1) is 13.5. The standard InChI is InChI=1S/C18H19ClN2O6S/c1-11-9-20-16(28-11)13-7-12(8-14(15(13)19)17(22)24-2)26-10-27-18(23)21-3-5-25-6-4-21/h7-9H,3-6,10H2,1-2H3. The number of aromatic nitrogens is 1. The van der Waals surface area contributed by atoms with Gasteiger partial charge in [0, 0.05) is 29.7 Å². The largest absolute Gasteiger partial charge is 0.465 e. The summed E-state index contributed by atoms with van der Waals surface area (Å²) in [6.45, 7) is 3.51.